The fourth-order valence-corrected chi connectivity index (χ4v) is 5.09. The van der Waals surface area contributed by atoms with Crippen molar-refractivity contribution in [3.05, 3.63) is 75.7 Å². The van der Waals surface area contributed by atoms with Crippen LogP contribution in [-0.4, -0.2) is 40.1 Å². The second kappa shape index (κ2) is 9.69. The molecule has 3 aromatic heterocycles. The quantitative estimate of drug-likeness (QED) is 0.314. The van der Waals surface area contributed by atoms with Crippen LogP contribution in [0, 0.1) is 0 Å². The van der Waals surface area contributed by atoms with Crippen LogP contribution < -0.4 is 21.3 Å². The number of hydrogen-bond acceptors (Lipinski definition) is 8. The minimum atomic E-state index is -3.51. The monoisotopic (exact) mass is 553 g/mol. The van der Waals surface area contributed by atoms with Crippen molar-refractivity contribution in [2.75, 3.05) is 16.7 Å². The second-order valence-corrected chi connectivity index (χ2v) is 11.4. The number of hydrogen-bond donors (Lipinski definition) is 3. The lowest BCUT2D eigenvalue weighted by atomic mass is 10.1. The molecule has 38 heavy (non-hydrogen) atoms. The van der Waals surface area contributed by atoms with E-state index in [-0.39, 0.29) is 34.5 Å². The molecular weight excluding hydrogens is 530 g/mol. The summed E-state index contributed by atoms with van der Waals surface area (Å²) in [5.74, 6) is -0.662. The van der Waals surface area contributed by atoms with Crippen LogP contribution in [0.25, 0.3) is 22.0 Å². The number of amides is 1. The predicted octanol–water partition coefficient (Wildman–Crippen LogP) is 3.29. The van der Waals surface area contributed by atoms with Crippen molar-refractivity contribution in [3.63, 3.8) is 0 Å². The highest BCUT2D eigenvalue weighted by atomic mass is 35.5. The highest BCUT2D eigenvalue weighted by Crippen LogP contribution is 2.37. The lowest BCUT2D eigenvalue weighted by molar-refractivity contribution is 0.0934. The van der Waals surface area contributed by atoms with Gasteiger partial charge < -0.3 is 15.6 Å². The van der Waals surface area contributed by atoms with Gasteiger partial charge in [-0.3, -0.25) is 19.3 Å². The number of sulfonamides is 1. The molecule has 1 saturated carbocycles. The van der Waals surface area contributed by atoms with Gasteiger partial charge in [0.2, 0.25) is 10.0 Å². The molecule has 4 N–H and O–H groups in total. The molecule has 1 fully saturated rings. The molecular formula is C25H24ClN7O4S. The maximum Gasteiger partial charge on any atom is 0.274 e. The third kappa shape index (κ3) is 5.18. The summed E-state index contributed by atoms with van der Waals surface area (Å²) in [5.41, 5.74) is 7.27. The van der Waals surface area contributed by atoms with Crippen LogP contribution in [0.3, 0.4) is 0 Å². The number of carbonyl (C=O) groups excluding carboxylic acids is 1. The molecule has 0 spiro atoms. The number of nitrogens with zero attached hydrogens (tertiary/aromatic N) is 4. The molecule has 1 aliphatic rings. The molecule has 3 heterocycles. The predicted molar refractivity (Wildman–Crippen MR) is 146 cm³/mol. The third-order valence-corrected chi connectivity index (χ3v) is 7.04. The highest BCUT2D eigenvalue weighted by Gasteiger charge is 2.30. The van der Waals surface area contributed by atoms with E-state index in [2.05, 4.69) is 25.0 Å². The Bertz CT molecular complexity index is 1750. The molecule has 0 aliphatic heterocycles. The number of carbonyl (C=O) groups is 1. The van der Waals surface area contributed by atoms with E-state index >= 15 is 0 Å². The van der Waals surface area contributed by atoms with E-state index in [1.54, 1.807) is 23.6 Å². The van der Waals surface area contributed by atoms with Gasteiger partial charge in [-0.15, -0.1) is 0 Å². The van der Waals surface area contributed by atoms with Gasteiger partial charge >= 0.3 is 0 Å². The number of benzene rings is 1. The van der Waals surface area contributed by atoms with Crippen molar-refractivity contribution in [3.8, 4) is 11.3 Å². The Kier molecular flexibility index (Phi) is 6.53. The minimum absolute atomic E-state index is 0.0473. The van der Waals surface area contributed by atoms with E-state index in [1.165, 1.54) is 24.7 Å². The van der Waals surface area contributed by atoms with Crippen LogP contribution >= 0.6 is 11.6 Å². The van der Waals surface area contributed by atoms with Gasteiger partial charge in [0.15, 0.2) is 11.5 Å². The molecule has 1 aliphatic carbocycles. The average Bonchev–Trinajstić information content (AvgIpc) is 3.68. The zero-order valence-electron chi connectivity index (χ0n) is 20.5. The molecule has 1 aromatic carbocycles. The van der Waals surface area contributed by atoms with Crippen LogP contribution in [0.1, 0.15) is 48.0 Å². The Morgan fingerprint density at radius 3 is 2.68 bits per heavy atom. The summed E-state index contributed by atoms with van der Waals surface area (Å²) in [7, 11) is -3.51. The molecule has 1 atom stereocenters. The summed E-state index contributed by atoms with van der Waals surface area (Å²) in [4.78, 5) is 39.1. The number of aromatic nitrogens is 4. The number of anilines is 2. The van der Waals surface area contributed by atoms with Crippen LogP contribution in [0.4, 0.5) is 11.5 Å². The summed E-state index contributed by atoms with van der Waals surface area (Å²) in [5, 5.41) is 4.41. The van der Waals surface area contributed by atoms with Crippen LogP contribution in [-0.2, 0) is 10.0 Å². The van der Waals surface area contributed by atoms with E-state index in [9.17, 15) is 18.0 Å². The number of rotatable bonds is 7. The van der Waals surface area contributed by atoms with Gasteiger partial charge in [-0.2, -0.15) is 0 Å². The Morgan fingerprint density at radius 1 is 1.21 bits per heavy atom. The van der Waals surface area contributed by atoms with Gasteiger partial charge in [-0.25, -0.2) is 18.4 Å². The summed E-state index contributed by atoms with van der Waals surface area (Å²) in [6.07, 6.45) is 6.94. The smallest absolute Gasteiger partial charge is 0.274 e. The molecule has 0 saturated heterocycles. The first-order valence-electron chi connectivity index (χ1n) is 11.7. The second-order valence-electron chi connectivity index (χ2n) is 9.20. The van der Waals surface area contributed by atoms with Gasteiger partial charge in [0, 0.05) is 23.5 Å². The zero-order chi connectivity index (χ0) is 27.2. The maximum absolute atomic E-state index is 13.4. The summed E-state index contributed by atoms with van der Waals surface area (Å²) in [6.45, 7) is 1.78. The van der Waals surface area contributed by atoms with Crippen molar-refractivity contribution in [1.29, 1.82) is 0 Å². The lowest BCUT2D eigenvalue weighted by Crippen LogP contribution is -2.33. The number of nitrogens with one attached hydrogen (secondary N) is 2. The molecule has 4 aromatic rings. The van der Waals surface area contributed by atoms with Crippen molar-refractivity contribution in [1.82, 2.24) is 24.8 Å². The molecule has 1 amide bonds. The number of fused-ring (bicyclic) bond motifs is 1. The van der Waals surface area contributed by atoms with E-state index < -0.39 is 22.0 Å². The maximum atomic E-state index is 13.4. The first-order valence-corrected chi connectivity index (χ1v) is 14.0. The topological polar surface area (TPSA) is 162 Å². The lowest BCUT2D eigenvalue weighted by Gasteiger charge is -2.21. The van der Waals surface area contributed by atoms with E-state index in [0.717, 1.165) is 19.1 Å². The SMILES string of the molecule is CC(NC(=O)c1nc(-c2cncc(NS(C)(=O)=O)c2)cnc1N)c1cc2cccc(Cl)c2c(=O)n1C1CC1. The molecule has 5 rings (SSSR count). The minimum Gasteiger partial charge on any atom is -0.382 e. The average molecular weight is 554 g/mol. The Balaban J connectivity index is 1.47. The number of nitrogen functional groups attached to an aromatic ring is 1. The Hall–Kier alpha value is -4.03. The molecule has 196 valence electrons. The van der Waals surface area contributed by atoms with Crippen molar-refractivity contribution < 1.29 is 13.2 Å². The molecule has 0 bridgehead atoms. The highest BCUT2D eigenvalue weighted by molar-refractivity contribution is 7.92. The third-order valence-electron chi connectivity index (χ3n) is 6.12. The fraction of sp³-hybridized carbons (Fsp3) is 0.240. The number of halogens is 1. The summed E-state index contributed by atoms with van der Waals surface area (Å²) < 4.78 is 27.2. The van der Waals surface area contributed by atoms with Crippen LogP contribution in [0.5, 0.6) is 0 Å². The zero-order valence-corrected chi connectivity index (χ0v) is 22.0. The molecule has 0 radical (unpaired) electrons. The Labute approximate surface area is 223 Å². The van der Waals surface area contributed by atoms with Crippen molar-refractivity contribution in [2.45, 2.75) is 31.8 Å². The normalized spacial score (nSPS) is 14.3. The fourth-order valence-electron chi connectivity index (χ4n) is 4.29. The van der Waals surface area contributed by atoms with Crippen LogP contribution in [0.2, 0.25) is 5.02 Å². The van der Waals surface area contributed by atoms with Crippen molar-refractivity contribution in [2.24, 2.45) is 0 Å². The van der Waals surface area contributed by atoms with Gasteiger partial charge in [0.25, 0.3) is 11.5 Å². The van der Waals surface area contributed by atoms with E-state index in [0.29, 0.717) is 27.1 Å². The van der Waals surface area contributed by atoms with Gasteiger partial charge in [-0.05, 0) is 43.4 Å². The largest absolute Gasteiger partial charge is 0.382 e. The molecule has 13 heteroatoms. The van der Waals surface area contributed by atoms with Gasteiger partial charge in [0.1, 0.15) is 0 Å². The van der Waals surface area contributed by atoms with Crippen LogP contribution in [0.15, 0.2) is 53.7 Å². The Morgan fingerprint density at radius 2 is 1.97 bits per heavy atom. The first kappa shape index (κ1) is 25.6. The number of nitrogens with two attached hydrogens (primary N) is 1. The molecule has 11 nitrogen and oxygen atoms in total. The standard InChI is InChI=1S/C25H24ClN7O4S/c1-13(20-9-14-4-3-5-18(26)21(14)25(35)33(20)17-6-7-17)30-24(34)22-23(27)29-12-19(31-22)15-8-16(11-28-10-15)32-38(2,36)37/h3-5,8-13,17,32H,6-7H2,1-2H3,(H2,27,29)(H,30,34). The molecule has 1 unspecified atom stereocenters. The van der Waals surface area contributed by atoms with E-state index in [1.807, 2.05) is 12.1 Å². The van der Waals surface area contributed by atoms with Crippen molar-refractivity contribution >= 4 is 49.8 Å². The van der Waals surface area contributed by atoms with E-state index in [4.69, 9.17) is 17.3 Å². The van der Waals surface area contributed by atoms with Gasteiger partial charge in [-0.1, -0.05) is 23.7 Å². The first-order chi connectivity index (χ1) is 18.0. The number of pyridine rings is 2. The summed E-state index contributed by atoms with van der Waals surface area (Å²) >= 11 is 6.33. The van der Waals surface area contributed by atoms with Gasteiger partial charge in [0.05, 0.1) is 46.5 Å². The summed E-state index contributed by atoms with van der Waals surface area (Å²) in [6, 6.07) is 8.14.